The van der Waals surface area contributed by atoms with Crippen LogP contribution in [-0.4, -0.2) is 43.6 Å². The number of ether oxygens (including phenoxy) is 1. The van der Waals surface area contributed by atoms with Gasteiger partial charge in [-0.1, -0.05) is 30.3 Å². The molecule has 1 saturated heterocycles. The number of nitrogens with zero attached hydrogens (tertiary/aromatic N) is 2. The summed E-state index contributed by atoms with van der Waals surface area (Å²) in [6, 6.07) is 16.2. The van der Waals surface area contributed by atoms with Crippen LogP contribution in [0.2, 0.25) is 0 Å². The molecule has 1 aliphatic rings. The molecule has 0 radical (unpaired) electrons. The second-order valence-corrected chi connectivity index (χ2v) is 5.73. The van der Waals surface area contributed by atoms with E-state index in [0.29, 0.717) is 44.9 Å². The van der Waals surface area contributed by atoms with E-state index in [1.54, 1.807) is 12.1 Å². The zero-order valence-corrected chi connectivity index (χ0v) is 13.5. The average molecular weight is 328 g/mol. The lowest BCUT2D eigenvalue weighted by Crippen LogP contribution is -2.49. The number of benzene rings is 2. The maximum absolute atomic E-state index is 13.8. The van der Waals surface area contributed by atoms with E-state index >= 15 is 0 Å². The number of amides is 1. The number of hydrogen-bond acceptors (Lipinski definition) is 3. The number of carbonyl (C=O) groups excluding carboxylic acids is 1. The standard InChI is InChI=1S/C19H21FN2O2/c20-17-8-4-5-9-18(17)21-11-13-22(14-12-21)19(23)10-15-24-16-6-2-1-3-7-16/h1-9H,10-15H2. The molecule has 1 fully saturated rings. The molecule has 0 aliphatic carbocycles. The predicted molar refractivity (Wildman–Crippen MR) is 91.7 cm³/mol. The minimum atomic E-state index is -0.214. The van der Waals surface area contributed by atoms with Crippen molar-refractivity contribution in [2.24, 2.45) is 0 Å². The van der Waals surface area contributed by atoms with Crippen LogP contribution in [0, 0.1) is 5.82 Å². The molecule has 5 heteroatoms. The fourth-order valence-electron chi connectivity index (χ4n) is 2.84. The van der Waals surface area contributed by atoms with Gasteiger partial charge in [-0.2, -0.15) is 0 Å². The van der Waals surface area contributed by atoms with Gasteiger partial charge in [-0.3, -0.25) is 4.79 Å². The fourth-order valence-corrected chi connectivity index (χ4v) is 2.84. The van der Waals surface area contributed by atoms with Gasteiger partial charge in [-0.15, -0.1) is 0 Å². The van der Waals surface area contributed by atoms with Crippen LogP contribution in [-0.2, 0) is 4.79 Å². The first-order valence-corrected chi connectivity index (χ1v) is 8.19. The van der Waals surface area contributed by atoms with Crippen molar-refractivity contribution in [1.29, 1.82) is 0 Å². The molecule has 1 amide bonds. The molecule has 1 heterocycles. The largest absolute Gasteiger partial charge is 0.493 e. The molecule has 4 nitrogen and oxygen atoms in total. The number of piperazine rings is 1. The Morgan fingerprint density at radius 2 is 1.62 bits per heavy atom. The number of para-hydroxylation sites is 2. The lowest BCUT2D eigenvalue weighted by Gasteiger charge is -2.36. The third-order valence-corrected chi connectivity index (χ3v) is 4.15. The van der Waals surface area contributed by atoms with Crippen LogP contribution in [0.25, 0.3) is 0 Å². The molecule has 2 aromatic carbocycles. The van der Waals surface area contributed by atoms with E-state index in [0.717, 1.165) is 5.75 Å². The average Bonchev–Trinajstić information content (AvgIpc) is 2.63. The second kappa shape index (κ2) is 7.81. The lowest BCUT2D eigenvalue weighted by atomic mass is 10.2. The maximum Gasteiger partial charge on any atom is 0.226 e. The van der Waals surface area contributed by atoms with E-state index in [9.17, 15) is 9.18 Å². The van der Waals surface area contributed by atoms with Crippen molar-refractivity contribution in [2.45, 2.75) is 6.42 Å². The van der Waals surface area contributed by atoms with E-state index in [2.05, 4.69) is 0 Å². The van der Waals surface area contributed by atoms with Gasteiger partial charge in [0.25, 0.3) is 0 Å². The summed E-state index contributed by atoms with van der Waals surface area (Å²) in [5, 5.41) is 0. The molecule has 126 valence electrons. The Labute approximate surface area is 141 Å². The fraction of sp³-hybridized carbons (Fsp3) is 0.316. The van der Waals surface area contributed by atoms with Crippen LogP contribution in [0.4, 0.5) is 10.1 Å². The van der Waals surface area contributed by atoms with Gasteiger partial charge in [0.2, 0.25) is 5.91 Å². The van der Waals surface area contributed by atoms with Crippen molar-refractivity contribution in [1.82, 2.24) is 4.90 Å². The Kier molecular flexibility index (Phi) is 5.31. The highest BCUT2D eigenvalue weighted by molar-refractivity contribution is 5.76. The Morgan fingerprint density at radius 3 is 2.33 bits per heavy atom. The van der Waals surface area contributed by atoms with E-state index < -0.39 is 0 Å². The van der Waals surface area contributed by atoms with E-state index in [1.165, 1.54) is 6.07 Å². The minimum Gasteiger partial charge on any atom is -0.493 e. The molecule has 2 aromatic rings. The molecule has 0 bridgehead atoms. The monoisotopic (exact) mass is 328 g/mol. The molecule has 0 N–H and O–H groups in total. The quantitative estimate of drug-likeness (QED) is 0.846. The maximum atomic E-state index is 13.8. The molecular formula is C19H21FN2O2. The summed E-state index contributed by atoms with van der Waals surface area (Å²) in [5.41, 5.74) is 0.608. The summed E-state index contributed by atoms with van der Waals surface area (Å²) in [7, 11) is 0. The molecule has 3 rings (SSSR count). The Morgan fingerprint density at radius 1 is 0.958 bits per heavy atom. The van der Waals surface area contributed by atoms with Crippen molar-refractivity contribution in [2.75, 3.05) is 37.7 Å². The second-order valence-electron chi connectivity index (χ2n) is 5.73. The van der Waals surface area contributed by atoms with Gasteiger partial charge in [-0.05, 0) is 24.3 Å². The van der Waals surface area contributed by atoms with Crippen LogP contribution >= 0.6 is 0 Å². The van der Waals surface area contributed by atoms with Crippen molar-refractivity contribution in [3.63, 3.8) is 0 Å². The zero-order valence-electron chi connectivity index (χ0n) is 13.5. The number of rotatable bonds is 5. The first kappa shape index (κ1) is 16.3. The van der Waals surface area contributed by atoms with Gasteiger partial charge in [0.15, 0.2) is 0 Å². The van der Waals surface area contributed by atoms with Crippen LogP contribution in [0.3, 0.4) is 0 Å². The van der Waals surface area contributed by atoms with Gasteiger partial charge in [-0.25, -0.2) is 4.39 Å². The van der Waals surface area contributed by atoms with Crippen molar-refractivity contribution in [3.8, 4) is 5.75 Å². The van der Waals surface area contributed by atoms with Crippen molar-refractivity contribution >= 4 is 11.6 Å². The van der Waals surface area contributed by atoms with Gasteiger partial charge < -0.3 is 14.5 Å². The molecule has 0 aromatic heterocycles. The number of halogens is 1. The highest BCUT2D eigenvalue weighted by atomic mass is 19.1. The van der Waals surface area contributed by atoms with Crippen LogP contribution in [0.15, 0.2) is 54.6 Å². The number of carbonyl (C=O) groups is 1. The topological polar surface area (TPSA) is 32.8 Å². The highest BCUT2D eigenvalue weighted by Crippen LogP contribution is 2.20. The summed E-state index contributed by atoms with van der Waals surface area (Å²) < 4.78 is 19.4. The van der Waals surface area contributed by atoms with Crippen molar-refractivity contribution < 1.29 is 13.9 Å². The zero-order chi connectivity index (χ0) is 16.8. The smallest absolute Gasteiger partial charge is 0.226 e. The SMILES string of the molecule is O=C(CCOc1ccccc1)N1CCN(c2ccccc2F)CC1. The van der Waals surface area contributed by atoms with Crippen molar-refractivity contribution in [3.05, 3.63) is 60.4 Å². The number of anilines is 1. The molecular weight excluding hydrogens is 307 g/mol. The summed E-state index contributed by atoms with van der Waals surface area (Å²) >= 11 is 0. The molecule has 24 heavy (non-hydrogen) atoms. The lowest BCUT2D eigenvalue weighted by molar-refractivity contribution is -0.132. The van der Waals surface area contributed by atoms with E-state index in [-0.39, 0.29) is 11.7 Å². The first-order chi connectivity index (χ1) is 11.7. The summed E-state index contributed by atoms with van der Waals surface area (Å²) in [5.74, 6) is 0.641. The summed E-state index contributed by atoms with van der Waals surface area (Å²) in [6.45, 7) is 2.88. The Balaban J connectivity index is 1.44. The van der Waals surface area contributed by atoms with E-state index in [4.69, 9.17) is 4.74 Å². The minimum absolute atomic E-state index is 0.0825. The third-order valence-electron chi connectivity index (χ3n) is 4.15. The first-order valence-electron chi connectivity index (χ1n) is 8.19. The molecule has 0 atom stereocenters. The molecule has 0 unspecified atom stereocenters. The Hall–Kier alpha value is -2.56. The normalized spacial score (nSPS) is 14.5. The van der Waals surface area contributed by atoms with Gasteiger partial charge in [0.05, 0.1) is 18.7 Å². The van der Waals surface area contributed by atoms with Crippen LogP contribution < -0.4 is 9.64 Å². The van der Waals surface area contributed by atoms with Gasteiger partial charge in [0, 0.05) is 26.2 Å². The highest BCUT2D eigenvalue weighted by Gasteiger charge is 2.22. The molecule has 0 saturated carbocycles. The van der Waals surface area contributed by atoms with Gasteiger partial charge >= 0.3 is 0 Å². The van der Waals surface area contributed by atoms with E-state index in [1.807, 2.05) is 46.2 Å². The molecule has 0 spiro atoms. The van der Waals surface area contributed by atoms with Crippen LogP contribution in [0.1, 0.15) is 6.42 Å². The predicted octanol–water partition coefficient (Wildman–Crippen LogP) is 2.94. The van der Waals surface area contributed by atoms with Gasteiger partial charge in [0.1, 0.15) is 11.6 Å². The molecule has 1 aliphatic heterocycles. The summed E-state index contributed by atoms with van der Waals surface area (Å²) in [4.78, 5) is 16.1. The summed E-state index contributed by atoms with van der Waals surface area (Å²) in [6.07, 6.45) is 0.356. The third kappa shape index (κ3) is 4.04. The number of hydrogen-bond donors (Lipinski definition) is 0. The van der Waals surface area contributed by atoms with Crippen LogP contribution in [0.5, 0.6) is 5.75 Å². The Bertz CT molecular complexity index is 670.